The molecule has 4 nitrogen and oxygen atoms in total. The second-order valence-corrected chi connectivity index (χ2v) is 6.76. The maximum Gasteiger partial charge on any atom is 0.252 e. The largest absolute Gasteiger partial charge is 0.486 e. The van der Waals surface area contributed by atoms with Crippen LogP contribution in [0, 0.1) is 0 Å². The van der Waals surface area contributed by atoms with Crippen molar-refractivity contribution in [3.63, 3.8) is 0 Å². The van der Waals surface area contributed by atoms with Crippen molar-refractivity contribution < 1.29 is 14.3 Å². The molecule has 0 aliphatic carbocycles. The third-order valence-corrected chi connectivity index (χ3v) is 4.97. The van der Waals surface area contributed by atoms with E-state index in [0.717, 1.165) is 27.7 Å². The van der Waals surface area contributed by atoms with Crippen molar-refractivity contribution in [2.75, 3.05) is 19.0 Å². The van der Waals surface area contributed by atoms with Crippen molar-refractivity contribution >= 4 is 17.7 Å². The second-order valence-electron chi connectivity index (χ2n) is 5.69. The van der Waals surface area contributed by atoms with Gasteiger partial charge in [0, 0.05) is 10.6 Å². The van der Waals surface area contributed by atoms with E-state index in [2.05, 4.69) is 11.9 Å². The molecule has 1 heterocycles. The first-order chi connectivity index (χ1) is 12.2. The van der Waals surface area contributed by atoms with Gasteiger partial charge in [-0.25, -0.2) is 0 Å². The molecule has 0 saturated carbocycles. The quantitative estimate of drug-likeness (QED) is 0.622. The number of nitrogens with one attached hydrogen (secondary N) is 1. The highest BCUT2D eigenvalue weighted by atomic mass is 32.2. The Morgan fingerprint density at radius 2 is 2.00 bits per heavy atom. The van der Waals surface area contributed by atoms with E-state index < -0.39 is 0 Å². The van der Waals surface area contributed by atoms with Crippen LogP contribution < -0.4 is 14.8 Å². The van der Waals surface area contributed by atoms with Crippen molar-refractivity contribution in [3.8, 4) is 11.5 Å². The minimum atomic E-state index is -0.138. The van der Waals surface area contributed by atoms with Crippen LogP contribution in [0.25, 0.3) is 0 Å². The molecule has 0 fully saturated rings. The minimum absolute atomic E-state index is 0.0884. The standard InChI is InChI=1S/C20H21NO3S/c1-3-12-25-19-7-5-4-6-16(19)20(22)21-14(2)15-8-9-17-18(13-15)24-11-10-23-17/h3-9,13-14H,1,10-12H2,2H3,(H,21,22). The zero-order valence-corrected chi connectivity index (χ0v) is 15.0. The number of fused-ring (bicyclic) bond motifs is 1. The number of amides is 1. The smallest absolute Gasteiger partial charge is 0.252 e. The highest BCUT2D eigenvalue weighted by Gasteiger charge is 2.17. The van der Waals surface area contributed by atoms with Gasteiger partial charge in [-0.3, -0.25) is 4.79 Å². The summed E-state index contributed by atoms with van der Waals surface area (Å²) in [5.74, 6) is 2.16. The molecule has 1 N–H and O–H groups in total. The average molecular weight is 355 g/mol. The van der Waals surface area contributed by atoms with Crippen molar-refractivity contribution in [3.05, 3.63) is 66.2 Å². The maximum absolute atomic E-state index is 12.7. The second kappa shape index (κ2) is 8.12. The molecular formula is C20H21NO3S. The highest BCUT2D eigenvalue weighted by Crippen LogP contribution is 2.32. The zero-order valence-electron chi connectivity index (χ0n) is 14.2. The molecule has 25 heavy (non-hydrogen) atoms. The fourth-order valence-corrected chi connectivity index (χ4v) is 3.40. The van der Waals surface area contributed by atoms with Gasteiger partial charge in [-0.1, -0.05) is 24.3 Å². The third-order valence-electron chi connectivity index (χ3n) is 3.90. The summed E-state index contributed by atoms with van der Waals surface area (Å²) >= 11 is 1.60. The van der Waals surface area contributed by atoms with Crippen LogP contribution >= 0.6 is 11.8 Å². The number of hydrogen-bond acceptors (Lipinski definition) is 4. The van der Waals surface area contributed by atoms with Crippen molar-refractivity contribution in [1.82, 2.24) is 5.32 Å². The summed E-state index contributed by atoms with van der Waals surface area (Å²) in [6.45, 7) is 6.81. The normalized spacial score (nSPS) is 13.8. The van der Waals surface area contributed by atoms with Gasteiger partial charge in [0.1, 0.15) is 13.2 Å². The Morgan fingerprint density at radius 3 is 2.80 bits per heavy atom. The van der Waals surface area contributed by atoms with E-state index in [1.165, 1.54) is 0 Å². The van der Waals surface area contributed by atoms with Gasteiger partial charge in [-0.2, -0.15) is 0 Å². The molecule has 0 bridgehead atoms. The van der Waals surface area contributed by atoms with Gasteiger partial charge < -0.3 is 14.8 Å². The Labute approximate surface area is 152 Å². The van der Waals surface area contributed by atoms with Gasteiger partial charge in [0.25, 0.3) is 5.91 Å². The zero-order chi connectivity index (χ0) is 17.6. The number of carbonyl (C=O) groups excluding carboxylic acids is 1. The summed E-state index contributed by atoms with van der Waals surface area (Å²) in [5, 5.41) is 3.06. The van der Waals surface area contributed by atoms with Gasteiger partial charge in [-0.05, 0) is 36.8 Å². The summed E-state index contributed by atoms with van der Waals surface area (Å²) in [6, 6.07) is 13.2. The molecule has 1 aliphatic heterocycles. The first-order valence-corrected chi connectivity index (χ1v) is 9.20. The SMILES string of the molecule is C=CCSc1ccccc1C(=O)NC(C)c1ccc2c(c1)OCCO2. The number of hydrogen-bond donors (Lipinski definition) is 1. The molecule has 0 saturated heterocycles. The van der Waals surface area contributed by atoms with Crippen molar-refractivity contribution in [1.29, 1.82) is 0 Å². The van der Waals surface area contributed by atoms with Gasteiger partial charge >= 0.3 is 0 Å². The summed E-state index contributed by atoms with van der Waals surface area (Å²) in [4.78, 5) is 13.6. The Morgan fingerprint density at radius 1 is 1.24 bits per heavy atom. The third kappa shape index (κ3) is 4.17. The summed E-state index contributed by atoms with van der Waals surface area (Å²) in [5.41, 5.74) is 1.66. The van der Waals surface area contributed by atoms with Gasteiger partial charge in [0.15, 0.2) is 11.5 Å². The Bertz CT molecular complexity index is 775. The van der Waals surface area contributed by atoms with Crippen molar-refractivity contribution in [2.24, 2.45) is 0 Å². The molecule has 1 amide bonds. The first kappa shape index (κ1) is 17.4. The molecule has 1 unspecified atom stereocenters. The molecule has 0 radical (unpaired) electrons. The molecule has 1 aliphatic rings. The topological polar surface area (TPSA) is 47.6 Å². The molecule has 1 atom stereocenters. The van der Waals surface area contributed by atoms with Gasteiger partial charge in [0.2, 0.25) is 0 Å². The monoisotopic (exact) mass is 355 g/mol. The molecule has 130 valence electrons. The lowest BCUT2D eigenvalue weighted by Gasteiger charge is -2.21. The van der Waals surface area contributed by atoms with Crippen LogP contribution in [0.2, 0.25) is 0 Å². The molecule has 5 heteroatoms. The number of carbonyl (C=O) groups is 1. The van der Waals surface area contributed by atoms with E-state index in [1.807, 2.05) is 55.5 Å². The summed E-state index contributed by atoms with van der Waals surface area (Å²) < 4.78 is 11.2. The number of ether oxygens (including phenoxy) is 2. The van der Waals surface area contributed by atoms with Crippen LogP contribution in [0.15, 0.2) is 60.0 Å². The van der Waals surface area contributed by atoms with Gasteiger partial charge in [0.05, 0.1) is 11.6 Å². The number of benzene rings is 2. The molecule has 3 rings (SSSR count). The summed E-state index contributed by atoms with van der Waals surface area (Å²) in [7, 11) is 0. The lowest BCUT2D eigenvalue weighted by Crippen LogP contribution is -2.27. The fourth-order valence-electron chi connectivity index (χ4n) is 2.62. The van der Waals surface area contributed by atoms with E-state index in [1.54, 1.807) is 11.8 Å². The Hall–Kier alpha value is -2.40. The van der Waals surface area contributed by atoms with E-state index in [4.69, 9.17) is 9.47 Å². The van der Waals surface area contributed by atoms with Crippen LogP contribution in [0.4, 0.5) is 0 Å². The fraction of sp³-hybridized carbons (Fsp3) is 0.250. The lowest BCUT2D eigenvalue weighted by atomic mass is 10.1. The Balaban J connectivity index is 1.73. The first-order valence-electron chi connectivity index (χ1n) is 8.22. The van der Waals surface area contributed by atoms with Crippen molar-refractivity contribution in [2.45, 2.75) is 17.9 Å². The highest BCUT2D eigenvalue weighted by molar-refractivity contribution is 7.99. The van der Waals surface area contributed by atoms with Crippen LogP contribution in [-0.2, 0) is 0 Å². The Kier molecular flexibility index (Phi) is 5.66. The lowest BCUT2D eigenvalue weighted by molar-refractivity contribution is 0.0936. The predicted molar refractivity (Wildman–Crippen MR) is 101 cm³/mol. The predicted octanol–water partition coefficient (Wildman–Crippen LogP) is 4.23. The van der Waals surface area contributed by atoms with Crippen LogP contribution in [0.5, 0.6) is 11.5 Å². The molecular weight excluding hydrogens is 334 g/mol. The molecule has 0 spiro atoms. The van der Waals surface area contributed by atoms with E-state index in [9.17, 15) is 4.79 Å². The van der Waals surface area contributed by atoms with E-state index >= 15 is 0 Å². The van der Waals surface area contributed by atoms with Gasteiger partial charge in [-0.15, -0.1) is 18.3 Å². The van der Waals surface area contributed by atoms with Crippen LogP contribution in [0.1, 0.15) is 28.9 Å². The summed E-state index contributed by atoms with van der Waals surface area (Å²) in [6.07, 6.45) is 1.83. The van der Waals surface area contributed by atoms with Crippen LogP contribution in [0.3, 0.4) is 0 Å². The minimum Gasteiger partial charge on any atom is -0.486 e. The average Bonchev–Trinajstić information content (AvgIpc) is 2.66. The molecule has 0 aromatic heterocycles. The van der Waals surface area contributed by atoms with E-state index in [0.29, 0.717) is 18.8 Å². The van der Waals surface area contributed by atoms with E-state index in [-0.39, 0.29) is 11.9 Å². The molecule has 2 aromatic rings. The maximum atomic E-state index is 12.7. The van der Waals surface area contributed by atoms with Crippen LogP contribution in [-0.4, -0.2) is 24.9 Å². The molecule has 2 aromatic carbocycles. The number of thioether (sulfide) groups is 1. The number of rotatable bonds is 6.